The van der Waals surface area contributed by atoms with Gasteiger partial charge in [0.1, 0.15) is 11.6 Å². The highest BCUT2D eigenvalue weighted by molar-refractivity contribution is 6.55. The number of amides is 2. The van der Waals surface area contributed by atoms with E-state index in [1.165, 1.54) is 12.1 Å². The third-order valence-corrected chi connectivity index (χ3v) is 2.44. The van der Waals surface area contributed by atoms with Crippen molar-refractivity contribution in [2.24, 2.45) is 0 Å². The van der Waals surface area contributed by atoms with Gasteiger partial charge in [-0.15, -0.1) is 0 Å². The maximum absolute atomic E-state index is 11.2. The fourth-order valence-corrected chi connectivity index (χ4v) is 1.15. The number of anilines is 2. The second-order valence-corrected chi connectivity index (χ2v) is 5.18. The molecule has 0 fully saturated rings. The van der Waals surface area contributed by atoms with Crippen molar-refractivity contribution in [3.05, 3.63) is 18.2 Å². The number of pyridine rings is 1. The predicted molar refractivity (Wildman–Crippen MR) is 72.5 cm³/mol. The molecule has 0 aliphatic rings. The Morgan fingerprint density at radius 3 is 1.67 bits per heavy atom. The monoisotopic (exact) mass is 329 g/mol. The summed E-state index contributed by atoms with van der Waals surface area (Å²) in [4.78, 5) is 23.9. The maximum Gasteiger partial charge on any atom is 0.258 e. The fourth-order valence-electron chi connectivity index (χ4n) is 0.936. The maximum atomic E-state index is 11.2. The van der Waals surface area contributed by atoms with E-state index in [0.717, 1.165) is 0 Å². The van der Waals surface area contributed by atoms with Gasteiger partial charge in [0.2, 0.25) is 0 Å². The molecule has 0 unspecified atom stereocenters. The van der Waals surface area contributed by atoms with Gasteiger partial charge in [0.25, 0.3) is 11.8 Å². The smallest absolute Gasteiger partial charge is 0.258 e. The van der Waals surface area contributed by atoms with E-state index in [-0.39, 0.29) is 11.6 Å². The second-order valence-electron chi connectivity index (χ2n) is 2.99. The highest BCUT2D eigenvalue weighted by Crippen LogP contribution is 2.13. The van der Waals surface area contributed by atoms with E-state index in [9.17, 15) is 9.59 Å². The van der Waals surface area contributed by atoms with E-state index in [1.54, 1.807) is 6.07 Å². The van der Waals surface area contributed by atoms with Crippen LogP contribution in [-0.2, 0) is 9.59 Å². The van der Waals surface area contributed by atoms with Gasteiger partial charge in [-0.2, -0.15) is 0 Å². The number of carbonyl (C=O) groups excluding carboxylic acids is 2. The number of nitrogens with zero attached hydrogens (tertiary/aromatic N) is 1. The molecule has 1 aromatic rings. The fraction of sp³-hybridized carbons (Fsp3) is 0.222. The van der Waals surface area contributed by atoms with Crippen LogP contribution >= 0.6 is 46.4 Å². The van der Waals surface area contributed by atoms with Crippen molar-refractivity contribution in [2.45, 2.75) is 9.67 Å². The molecule has 1 aromatic heterocycles. The topological polar surface area (TPSA) is 71.1 Å². The zero-order valence-corrected chi connectivity index (χ0v) is 11.7. The van der Waals surface area contributed by atoms with Crippen LogP contribution in [0.5, 0.6) is 0 Å². The predicted octanol–water partition coefficient (Wildman–Crippen LogP) is 2.57. The standard InChI is InChI=1S/C9H7Cl4N3O2/c10-6(11)8(17)15-4-2-1-3-5(14-4)16-9(18)7(12)13/h1-3,6-7H,(H2,14,15,16,17,18). The summed E-state index contributed by atoms with van der Waals surface area (Å²) in [5.74, 6) is -0.877. The Labute approximate surface area is 123 Å². The minimum Gasteiger partial charge on any atom is -0.308 e. The number of halogens is 4. The molecule has 0 saturated carbocycles. The number of alkyl halides is 4. The Hall–Kier alpha value is -0.750. The second kappa shape index (κ2) is 6.99. The Kier molecular flexibility index (Phi) is 5.95. The number of carbonyl (C=O) groups is 2. The van der Waals surface area contributed by atoms with E-state index in [2.05, 4.69) is 15.6 Å². The van der Waals surface area contributed by atoms with E-state index < -0.39 is 21.5 Å². The van der Waals surface area contributed by atoms with Gasteiger partial charge in [0, 0.05) is 0 Å². The quantitative estimate of drug-likeness (QED) is 0.833. The van der Waals surface area contributed by atoms with Crippen LogP contribution in [0, 0.1) is 0 Å². The van der Waals surface area contributed by atoms with E-state index >= 15 is 0 Å². The lowest BCUT2D eigenvalue weighted by Gasteiger charge is -2.08. The molecule has 5 nitrogen and oxygen atoms in total. The lowest BCUT2D eigenvalue weighted by atomic mass is 10.4. The van der Waals surface area contributed by atoms with Gasteiger partial charge < -0.3 is 10.6 Å². The average Bonchev–Trinajstić information content (AvgIpc) is 2.29. The first kappa shape index (κ1) is 15.3. The molecule has 98 valence electrons. The number of aromatic nitrogens is 1. The van der Waals surface area contributed by atoms with Gasteiger partial charge in [0.05, 0.1) is 0 Å². The van der Waals surface area contributed by atoms with Crippen LogP contribution in [0.25, 0.3) is 0 Å². The highest BCUT2D eigenvalue weighted by atomic mass is 35.5. The third kappa shape index (κ3) is 4.86. The molecule has 0 saturated heterocycles. The summed E-state index contributed by atoms with van der Waals surface area (Å²) >= 11 is 21.5. The number of nitrogens with one attached hydrogen (secondary N) is 2. The van der Waals surface area contributed by atoms with Crippen LogP contribution in [0.2, 0.25) is 0 Å². The van der Waals surface area contributed by atoms with Crippen LogP contribution in [0.1, 0.15) is 0 Å². The molecule has 0 atom stereocenters. The van der Waals surface area contributed by atoms with Gasteiger partial charge in [-0.25, -0.2) is 4.98 Å². The summed E-state index contributed by atoms with van der Waals surface area (Å²) in [6, 6.07) is 4.57. The number of hydrogen-bond donors (Lipinski definition) is 2. The van der Waals surface area contributed by atoms with Gasteiger partial charge in [-0.1, -0.05) is 52.5 Å². The van der Waals surface area contributed by atoms with Crippen LogP contribution in [0.15, 0.2) is 18.2 Å². The first-order valence-corrected chi connectivity index (χ1v) is 6.30. The normalized spacial score (nSPS) is 10.6. The summed E-state index contributed by atoms with van der Waals surface area (Å²) in [5, 5.41) is 4.71. The van der Waals surface area contributed by atoms with Gasteiger partial charge in [0.15, 0.2) is 9.67 Å². The molecule has 9 heteroatoms. The molecule has 0 spiro atoms. The average molecular weight is 331 g/mol. The molecule has 0 aromatic carbocycles. The lowest BCUT2D eigenvalue weighted by Crippen LogP contribution is -2.21. The largest absolute Gasteiger partial charge is 0.308 e. The minimum absolute atomic E-state index is 0.185. The summed E-state index contributed by atoms with van der Waals surface area (Å²) < 4.78 is 0. The molecular formula is C9H7Cl4N3O2. The third-order valence-electron chi connectivity index (χ3n) is 1.65. The first-order valence-electron chi connectivity index (χ1n) is 4.55. The molecule has 0 bridgehead atoms. The van der Waals surface area contributed by atoms with Crippen molar-refractivity contribution in [2.75, 3.05) is 10.6 Å². The van der Waals surface area contributed by atoms with Crippen LogP contribution in [0.4, 0.5) is 11.6 Å². The summed E-state index contributed by atoms with van der Waals surface area (Å²) in [5.41, 5.74) is 0. The summed E-state index contributed by atoms with van der Waals surface area (Å²) in [7, 11) is 0. The van der Waals surface area contributed by atoms with E-state index in [0.29, 0.717) is 0 Å². The number of hydrogen-bond acceptors (Lipinski definition) is 3. The van der Waals surface area contributed by atoms with Crippen LogP contribution in [0.3, 0.4) is 0 Å². The van der Waals surface area contributed by atoms with Crippen LogP contribution < -0.4 is 10.6 Å². The van der Waals surface area contributed by atoms with Crippen LogP contribution in [-0.4, -0.2) is 26.5 Å². The molecule has 1 heterocycles. The zero-order valence-electron chi connectivity index (χ0n) is 8.66. The lowest BCUT2D eigenvalue weighted by molar-refractivity contribution is -0.115. The van der Waals surface area contributed by atoms with Gasteiger partial charge >= 0.3 is 0 Å². The molecular weight excluding hydrogens is 324 g/mol. The minimum atomic E-state index is -1.21. The van der Waals surface area contributed by atoms with E-state index in [1.807, 2.05) is 0 Å². The highest BCUT2D eigenvalue weighted by Gasteiger charge is 2.14. The van der Waals surface area contributed by atoms with Crippen molar-refractivity contribution < 1.29 is 9.59 Å². The molecule has 18 heavy (non-hydrogen) atoms. The molecule has 0 aliphatic carbocycles. The van der Waals surface area contributed by atoms with Crippen molar-refractivity contribution in [1.82, 2.24) is 4.98 Å². The van der Waals surface area contributed by atoms with Gasteiger partial charge in [-0.05, 0) is 12.1 Å². The first-order chi connectivity index (χ1) is 8.40. The molecule has 0 radical (unpaired) electrons. The molecule has 2 N–H and O–H groups in total. The Morgan fingerprint density at radius 1 is 0.944 bits per heavy atom. The molecule has 1 rings (SSSR count). The van der Waals surface area contributed by atoms with Gasteiger partial charge in [-0.3, -0.25) is 9.59 Å². The van der Waals surface area contributed by atoms with Crippen molar-refractivity contribution in [3.8, 4) is 0 Å². The summed E-state index contributed by atoms with van der Waals surface area (Å²) in [6.07, 6.45) is 0. The summed E-state index contributed by atoms with van der Waals surface area (Å²) in [6.45, 7) is 0. The van der Waals surface area contributed by atoms with Crippen molar-refractivity contribution >= 4 is 69.9 Å². The Bertz CT molecular complexity index is 416. The molecule has 2 amide bonds. The SMILES string of the molecule is O=C(Nc1cccc(NC(=O)C(Cl)Cl)n1)C(Cl)Cl. The Balaban J connectivity index is 2.74. The number of rotatable bonds is 4. The zero-order chi connectivity index (χ0) is 13.7. The van der Waals surface area contributed by atoms with Crippen molar-refractivity contribution in [3.63, 3.8) is 0 Å². The van der Waals surface area contributed by atoms with E-state index in [4.69, 9.17) is 46.4 Å². The Morgan fingerprint density at radius 2 is 1.33 bits per heavy atom. The molecule has 0 aliphatic heterocycles. The van der Waals surface area contributed by atoms with Crippen molar-refractivity contribution in [1.29, 1.82) is 0 Å².